The minimum atomic E-state index is -1.91. The Hall–Kier alpha value is -2.35. The van der Waals surface area contributed by atoms with Crippen LogP contribution in [0.3, 0.4) is 0 Å². The smallest absolute Gasteiger partial charge is 0.254 e. The van der Waals surface area contributed by atoms with E-state index in [-0.39, 0.29) is 18.4 Å². The van der Waals surface area contributed by atoms with Crippen molar-refractivity contribution in [2.75, 3.05) is 20.8 Å². The van der Waals surface area contributed by atoms with Crippen molar-refractivity contribution in [2.45, 2.75) is 39.0 Å². The molecule has 1 heterocycles. The lowest BCUT2D eigenvalue weighted by atomic mass is 10.0. The van der Waals surface area contributed by atoms with Crippen LogP contribution in [0.25, 0.3) is 0 Å². The van der Waals surface area contributed by atoms with Crippen molar-refractivity contribution in [1.29, 1.82) is 0 Å². The van der Waals surface area contributed by atoms with Crippen LogP contribution in [0.1, 0.15) is 12.5 Å². The van der Waals surface area contributed by atoms with Gasteiger partial charge in [-0.05, 0) is 37.8 Å². The van der Waals surface area contributed by atoms with Crippen LogP contribution >= 0.6 is 0 Å². The van der Waals surface area contributed by atoms with E-state index in [2.05, 4.69) is 4.99 Å². The third kappa shape index (κ3) is 4.84. The molecule has 26 heavy (non-hydrogen) atoms. The first-order valence-corrected chi connectivity index (χ1v) is 11.8. The summed E-state index contributed by atoms with van der Waals surface area (Å²) < 4.78 is 16.6. The number of benzene rings is 1. The van der Waals surface area contributed by atoms with Gasteiger partial charge in [0.05, 0.1) is 14.2 Å². The van der Waals surface area contributed by atoms with Gasteiger partial charge < -0.3 is 13.9 Å². The number of ether oxygens (including phenoxy) is 2. The molecule has 0 saturated heterocycles. The third-order valence-corrected chi connectivity index (χ3v) is 4.70. The molecule has 1 aliphatic heterocycles. The van der Waals surface area contributed by atoms with E-state index in [0.717, 1.165) is 5.56 Å². The van der Waals surface area contributed by atoms with Gasteiger partial charge in [-0.15, -0.1) is 0 Å². The van der Waals surface area contributed by atoms with E-state index in [1.807, 2.05) is 25.7 Å². The fourth-order valence-electron chi connectivity index (χ4n) is 2.72. The average Bonchev–Trinajstić information content (AvgIpc) is 2.55. The fourth-order valence-corrected chi connectivity index (χ4v) is 3.55. The fraction of sp³-hybridized carbons (Fsp3) is 0.500. The Labute approximate surface area is 155 Å². The summed E-state index contributed by atoms with van der Waals surface area (Å²) in [6.45, 7) is 7.56. The zero-order chi connectivity index (χ0) is 19.5. The van der Waals surface area contributed by atoms with E-state index < -0.39 is 14.4 Å². The largest absolute Gasteiger partial charge is 0.533 e. The van der Waals surface area contributed by atoms with Crippen molar-refractivity contribution in [3.8, 4) is 11.5 Å². The molecule has 0 spiro atoms. The Morgan fingerprint density at radius 1 is 1.27 bits per heavy atom. The van der Waals surface area contributed by atoms with Gasteiger partial charge in [0, 0.05) is 18.9 Å². The number of imide groups is 1. The number of amides is 2. The van der Waals surface area contributed by atoms with Gasteiger partial charge in [-0.25, -0.2) is 4.99 Å². The predicted molar refractivity (Wildman–Crippen MR) is 101 cm³/mol. The predicted octanol–water partition coefficient (Wildman–Crippen LogP) is 2.25. The van der Waals surface area contributed by atoms with Gasteiger partial charge in [0.15, 0.2) is 5.90 Å². The highest BCUT2D eigenvalue weighted by molar-refractivity contribution is 6.71. The van der Waals surface area contributed by atoms with Gasteiger partial charge in [-0.2, -0.15) is 0 Å². The number of carbonyl (C=O) groups excluding carboxylic acids is 2. The summed E-state index contributed by atoms with van der Waals surface area (Å²) in [6.07, 6.45) is 0.293. The molecule has 1 unspecified atom stereocenters. The molecule has 0 N–H and O–H groups in total. The molecule has 8 heteroatoms. The van der Waals surface area contributed by atoms with Crippen LogP contribution in [0.5, 0.6) is 11.5 Å². The van der Waals surface area contributed by atoms with E-state index in [0.29, 0.717) is 23.8 Å². The molecule has 7 nitrogen and oxygen atoms in total. The molecule has 0 aromatic heterocycles. The first-order valence-electron chi connectivity index (χ1n) is 8.43. The maximum Gasteiger partial charge on any atom is 0.254 e. The normalized spacial score (nSPS) is 17.6. The molecule has 1 aliphatic rings. The van der Waals surface area contributed by atoms with Crippen molar-refractivity contribution < 1.29 is 23.5 Å². The van der Waals surface area contributed by atoms with Crippen LogP contribution in [-0.4, -0.2) is 57.7 Å². The zero-order valence-electron chi connectivity index (χ0n) is 16.2. The lowest BCUT2D eigenvalue weighted by molar-refractivity contribution is -0.144. The Bertz CT molecular complexity index is 727. The molecule has 142 valence electrons. The Morgan fingerprint density at radius 2 is 1.96 bits per heavy atom. The van der Waals surface area contributed by atoms with Crippen molar-refractivity contribution in [1.82, 2.24) is 4.90 Å². The topological polar surface area (TPSA) is 77.4 Å². The summed E-state index contributed by atoms with van der Waals surface area (Å²) in [5, 5.41) is 0. The summed E-state index contributed by atoms with van der Waals surface area (Å²) in [5.74, 6) is 1.09. The number of carbonyl (C=O) groups is 2. The lowest BCUT2D eigenvalue weighted by Crippen LogP contribution is -2.51. The second kappa shape index (κ2) is 7.90. The Kier molecular flexibility index (Phi) is 6.07. The molecule has 1 atom stereocenters. The minimum absolute atomic E-state index is 0.0875. The quantitative estimate of drug-likeness (QED) is 0.735. The number of hydrogen-bond acceptors (Lipinski definition) is 6. The lowest BCUT2D eigenvalue weighted by Gasteiger charge is -2.31. The monoisotopic (exact) mass is 378 g/mol. The molecule has 0 saturated carbocycles. The summed E-state index contributed by atoms with van der Waals surface area (Å²) >= 11 is 0. The van der Waals surface area contributed by atoms with Crippen molar-refractivity contribution in [2.24, 2.45) is 4.99 Å². The SMILES string of the molecule is COc1ccc(OC)c(CC2N=C(O[Si](C)(C)C)CN(C(C)=O)C2=O)c1. The van der Waals surface area contributed by atoms with Crippen molar-refractivity contribution in [3.05, 3.63) is 23.8 Å². The summed E-state index contributed by atoms with van der Waals surface area (Å²) in [6, 6.07) is 4.65. The van der Waals surface area contributed by atoms with E-state index in [9.17, 15) is 9.59 Å². The van der Waals surface area contributed by atoms with E-state index in [4.69, 9.17) is 13.9 Å². The van der Waals surface area contributed by atoms with Gasteiger partial charge in [0.2, 0.25) is 14.2 Å². The van der Waals surface area contributed by atoms with Crippen LogP contribution in [0.2, 0.25) is 19.6 Å². The van der Waals surface area contributed by atoms with Crippen molar-refractivity contribution in [3.63, 3.8) is 0 Å². The molecule has 0 fully saturated rings. The summed E-state index contributed by atoms with van der Waals surface area (Å²) in [4.78, 5) is 30.3. The Balaban J connectivity index is 2.37. The van der Waals surface area contributed by atoms with Crippen LogP contribution in [0.15, 0.2) is 23.2 Å². The number of nitrogens with zero attached hydrogens (tertiary/aromatic N) is 2. The number of rotatable bonds is 5. The highest BCUT2D eigenvalue weighted by Crippen LogP contribution is 2.27. The van der Waals surface area contributed by atoms with Crippen LogP contribution in [0.4, 0.5) is 0 Å². The van der Waals surface area contributed by atoms with Gasteiger partial charge in [0.1, 0.15) is 24.1 Å². The molecule has 1 aromatic carbocycles. The van der Waals surface area contributed by atoms with E-state index in [1.54, 1.807) is 26.4 Å². The highest BCUT2D eigenvalue weighted by atomic mass is 28.4. The molecular weight excluding hydrogens is 352 g/mol. The maximum absolute atomic E-state index is 12.7. The van der Waals surface area contributed by atoms with Crippen LogP contribution in [-0.2, 0) is 20.4 Å². The summed E-state index contributed by atoms with van der Waals surface area (Å²) in [7, 11) is 1.23. The minimum Gasteiger partial charge on any atom is -0.533 e. The second-order valence-corrected chi connectivity index (χ2v) is 11.5. The molecule has 2 rings (SSSR count). The van der Waals surface area contributed by atoms with Gasteiger partial charge >= 0.3 is 0 Å². The number of hydrogen-bond donors (Lipinski definition) is 0. The number of methoxy groups -OCH3 is 2. The van der Waals surface area contributed by atoms with E-state index in [1.165, 1.54) is 11.8 Å². The standard InChI is InChI=1S/C18H26N2O5Si/c1-12(21)20-11-17(25-26(4,5)6)19-15(18(20)22)10-13-9-14(23-2)7-8-16(13)24-3/h7-9,15H,10-11H2,1-6H3. The molecular formula is C18H26N2O5Si. The summed E-state index contributed by atoms with van der Waals surface area (Å²) in [5.41, 5.74) is 0.784. The van der Waals surface area contributed by atoms with Gasteiger partial charge in [-0.1, -0.05) is 0 Å². The molecule has 0 aliphatic carbocycles. The number of aliphatic imine (C=N–C) groups is 1. The first kappa shape index (κ1) is 20.0. The maximum atomic E-state index is 12.7. The first-order chi connectivity index (χ1) is 12.1. The van der Waals surface area contributed by atoms with Crippen LogP contribution in [0, 0.1) is 0 Å². The molecule has 0 radical (unpaired) electrons. The molecule has 1 aromatic rings. The second-order valence-electron chi connectivity index (χ2n) is 7.08. The average molecular weight is 379 g/mol. The molecule has 0 bridgehead atoms. The highest BCUT2D eigenvalue weighted by Gasteiger charge is 2.35. The van der Waals surface area contributed by atoms with Crippen LogP contribution < -0.4 is 9.47 Å². The third-order valence-electron chi connectivity index (χ3n) is 3.85. The van der Waals surface area contributed by atoms with Crippen molar-refractivity contribution >= 4 is 26.0 Å². The Morgan fingerprint density at radius 3 is 2.50 bits per heavy atom. The van der Waals surface area contributed by atoms with Gasteiger partial charge in [-0.3, -0.25) is 14.5 Å². The van der Waals surface area contributed by atoms with E-state index >= 15 is 0 Å². The zero-order valence-corrected chi connectivity index (χ0v) is 17.2. The molecule has 2 amide bonds. The van der Waals surface area contributed by atoms with Gasteiger partial charge in [0.25, 0.3) is 5.91 Å².